The van der Waals surface area contributed by atoms with Gasteiger partial charge in [0.25, 0.3) is 0 Å². The van der Waals surface area contributed by atoms with Gasteiger partial charge in [0, 0.05) is 10.8 Å². The van der Waals surface area contributed by atoms with Gasteiger partial charge in [0.2, 0.25) is 0 Å². The zero-order chi connectivity index (χ0) is 21.4. The Morgan fingerprint density at radius 2 is 0.938 bits per heavy atom. The van der Waals surface area contributed by atoms with Crippen LogP contribution in [0.2, 0.25) is 0 Å². The molecule has 0 saturated carbocycles. The van der Waals surface area contributed by atoms with Gasteiger partial charge in [-0.1, -0.05) is 48.5 Å². The van der Waals surface area contributed by atoms with E-state index in [1.165, 1.54) is 22.3 Å². The predicted molar refractivity (Wildman–Crippen MR) is 121 cm³/mol. The number of rotatable bonds is 0. The minimum Gasteiger partial charge on any atom is -0.248 e. The highest BCUT2D eigenvalue weighted by Crippen LogP contribution is 2.54. The van der Waals surface area contributed by atoms with E-state index in [9.17, 15) is 10.5 Å². The Kier molecular flexibility index (Phi) is 3.22. The zero-order valence-electron chi connectivity index (χ0n) is 16.9. The summed E-state index contributed by atoms with van der Waals surface area (Å²) in [5, 5.41) is 20.7. The van der Waals surface area contributed by atoms with Crippen LogP contribution in [0.1, 0.15) is 56.6 Å². The predicted octanol–water partition coefficient (Wildman–Crippen LogP) is 5.51. The van der Waals surface area contributed by atoms with E-state index in [1.807, 2.05) is 12.1 Å². The van der Waals surface area contributed by atoms with E-state index >= 15 is 0 Å². The number of benzene rings is 4. The second kappa shape index (κ2) is 6.00. The lowest BCUT2D eigenvalue weighted by Crippen LogP contribution is -2.29. The lowest BCUT2D eigenvalue weighted by Gasteiger charge is -2.40. The topological polar surface area (TPSA) is 73.4 Å². The van der Waals surface area contributed by atoms with Crippen molar-refractivity contribution in [2.45, 2.75) is 11.8 Å². The van der Waals surface area contributed by atoms with E-state index < -0.39 is 0 Å². The first-order chi connectivity index (χ1) is 15.8. The smallest absolute Gasteiger partial charge is 0.0998 e. The summed E-state index contributed by atoms with van der Waals surface area (Å²) in [6.07, 6.45) is 0. The van der Waals surface area contributed by atoms with Crippen LogP contribution in [-0.2, 0) is 0 Å². The summed E-state index contributed by atoms with van der Waals surface area (Å²) < 4.78 is 0. The molecule has 2 bridgehead atoms. The average Bonchev–Trinajstić information content (AvgIpc) is 2.85. The van der Waals surface area contributed by atoms with Crippen LogP contribution in [0, 0.1) is 22.7 Å². The molecular weight excluding hydrogens is 392 g/mol. The Balaban J connectivity index is 1.59. The van der Waals surface area contributed by atoms with E-state index in [0.29, 0.717) is 11.1 Å². The van der Waals surface area contributed by atoms with Gasteiger partial charge in [-0.15, -0.1) is 0 Å². The third-order valence-corrected chi connectivity index (χ3v) is 6.88. The average molecular weight is 406 g/mol. The lowest BCUT2D eigenvalue weighted by atomic mass is 9.64. The fraction of sp³-hybridized carbons (Fsp3) is 0.0714. The van der Waals surface area contributed by atoms with Crippen LogP contribution in [-0.4, -0.2) is 9.97 Å². The molecule has 1 heterocycles. The van der Waals surface area contributed by atoms with Crippen molar-refractivity contribution in [3.05, 3.63) is 118 Å². The molecule has 0 fully saturated rings. The van der Waals surface area contributed by atoms with Crippen molar-refractivity contribution < 1.29 is 0 Å². The number of aromatic nitrogens is 2. The summed E-state index contributed by atoms with van der Waals surface area (Å²) in [6, 6.07) is 28.9. The zero-order valence-corrected chi connectivity index (χ0v) is 16.9. The first-order valence-electron chi connectivity index (χ1n) is 10.5. The normalized spacial score (nSPS) is 17.3. The van der Waals surface area contributed by atoms with Crippen molar-refractivity contribution in [2.75, 3.05) is 0 Å². The van der Waals surface area contributed by atoms with E-state index in [2.05, 4.69) is 60.7 Å². The molecule has 3 aliphatic carbocycles. The minimum absolute atomic E-state index is 0.0517. The molecule has 0 saturated heterocycles. The molecule has 1 aromatic heterocycles. The maximum Gasteiger partial charge on any atom is 0.0998 e. The van der Waals surface area contributed by atoms with Gasteiger partial charge in [0.15, 0.2) is 0 Å². The maximum atomic E-state index is 9.60. The van der Waals surface area contributed by atoms with Crippen LogP contribution in [0.25, 0.3) is 21.8 Å². The number of hydrogen-bond acceptors (Lipinski definition) is 4. The number of nitriles is 2. The van der Waals surface area contributed by atoms with E-state index in [0.717, 1.165) is 33.2 Å². The Labute approximate surface area is 184 Å². The molecular formula is C28H14N4. The number of nitrogens with zero attached hydrogens (tertiary/aromatic N) is 4. The fourth-order valence-corrected chi connectivity index (χ4v) is 5.54. The maximum absolute atomic E-state index is 9.60. The van der Waals surface area contributed by atoms with Crippen molar-refractivity contribution >= 4 is 21.8 Å². The molecule has 5 aromatic rings. The minimum atomic E-state index is 0.0517. The van der Waals surface area contributed by atoms with Crippen LogP contribution < -0.4 is 0 Å². The Morgan fingerprint density at radius 1 is 0.562 bits per heavy atom. The molecule has 8 rings (SSSR count). The van der Waals surface area contributed by atoms with Crippen LogP contribution in [0.3, 0.4) is 0 Å². The number of hydrogen-bond donors (Lipinski definition) is 0. The van der Waals surface area contributed by atoms with Gasteiger partial charge in [0.05, 0.1) is 57.5 Å². The van der Waals surface area contributed by atoms with Crippen molar-refractivity contribution in [3.8, 4) is 12.1 Å². The van der Waals surface area contributed by atoms with Gasteiger partial charge in [-0.3, -0.25) is 0 Å². The monoisotopic (exact) mass is 406 g/mol. The van der Waals surface area contributed by atoms with E-state index in [4.69, 9.17) is 9.97 Å². The lowest BCUT2D eigenvalue weighted by molar-refractivity contribution is 0.709. The van der Waals surface area contributed by atoms with Gasteiger partial charge in [-0.2, -0.15) is 10.5 Å². The molecule has 4 aromatic carbocycles. The summed E-state index contributed by atoms with van der Waals surface area (Å²) in [4.78, 5) is 10.2. The molecule has 4 nitrogen and oxygen atoms in total. The molecule has 32 heavy (non-hydrogen) atoms. The van der Waals surface area contributed by atoms with E-state index in [-0.39, 0.29) is 11.8 Å². The Hall–Kier alpha value is -4.54. The first kappa shape index (κ1) is 17.2. The van der Waals surface area contributed by atoms with Gasteiger partial charge >= 0.3 is 0 Å². The quantitative estimate of drug-likeness (QED) is 0.311. The third kappa shape index (κ3) is 2.04. The highest BCUT2D eigenvalue weighted by molar-refractivity contribution is 6.00. The summed E-state index contributed by atoms with van der Waals surface area (Å²) >= 11 is 0. The fourth-order valence-electron chi connectivity index (χ4n) is 5.54. The van der Waals surface area contributed by atoms with Gasteiger partial charge in [-0.25, -0.2) is 9.97 Å². The second-order valence-electron chi connectivity index (χ2n) is 8.39. The van der Waals surface area contributed by atoms with Crippen molar-refractivity contribution in [2.24, 2.45) is 0 Å². The molecule has 0 atom stereocenters. The van der Waals surface area contributed by atoms with Crippen molar-refractivity contribution in [3.63, 3.8) is 0 Å². The molecule has 146 valence electrons. The second-order valence-corrected chi connectivity index (χ2v) is 8.39. The highest BCUT2D eigenvalue weighted by atomic mass is 14.9. The van der Waals surface area contributed by atoms with Crippen LogP contribution >= 0.6 is 0 Å². The summed E-state index contributed by atoms with van der Waals surface area (Å²) in [5.41, 5.74) is 9.75. The molecule has 0 amide bonds. The molecule has 4 heteroatoms. The van der Waals surface area contributed by atoms with E-state index in [1.54, 1.807) is 12.1 Å². The van der Waals surface area contributed by atoms with Crippen LogP contribution in [0.4, 0.5) is 0 Å². The molecule has 0 N–H and O–H groups in total. The Bertz CT molecular complexity index is 1550. The molecule has 0 aliphatic heterocycles. The Morgan fingerprint density at radius 3 is 1.28 bits per heavy atom. The van der Waals surface area contributed by atoms with Gasteiger partial charge in [-0.05, 0) is 46.5 Å². The first-order valence-corrected chi connectivity index (χ1v) is 10.5. The summed E-state index contributed by atoms with van der Waals surface area (Å²) in [6.45, 7) is 0. The highest BCUT2D eigenvalue weighted by Gasteiger charge is 2.43. The summed E-state index contributed by atoms with van der Waals surface area (Å²) in [7, 11) is 0. The van der Waals surface area contributed by atoms with Crippen molar-refractivity contribution in [1.29, 1.82) is 10.5 Å². The molecule has 3 aliphatic rings. The van der Waals surface area contributed by atoms with Crippen LogP contribution in [0.5, 0.6) is 0 Å². The molecule has 0 unspecified atom stereocenters. The SMILES string of the molecule is N#Cc1ccc(C#N)c2cc3nc4c(nc3cc12)C1c2ccccc2C4c2ccccc21. The largest absolute Gasteiger partial charge is 0.248 e. The molecule has 0 spiro atoms. The van der Waals surface area contributed by atoms with Gasteiger partial charge in [0.1, 0.15) is 0 Å². The van der Waals surface area contributed by atoms with Crippen molar-refractivity contribution in [1.82, 2.24) is 9.97 Å². The van der Waals surface area contributed by atoms with Crippen LogP contribution in [0.15, 0.2) is 72.8 Å². The summed E-state index contributed by atoms with van der Waals surface area (Å²) in [5.74, 6) is 0.103. The van der Waals surface area contributed by atoms with Gasteiger partial charge < -0.3 is 0 Å². The standard InChI is InChI=1S/C28H14N4/c29-13-15-9-10-16(14-30)22-12-24-23(11-21(15)22)31-27-25-17-5-1-2-6-18(17)26(28(27)32-24)20-8-4-3-7-19(20)25/h1-12,25-26H. The number of fused-ring (bicyclic) bond motifs is 2. The third-order valence-electron chi connectivity index (χ3n) is 6.88. The molecule has 0 radical (unpaired) electrons.